The molecule has 6 nitrogen and oxygen atoms in total. The molecule has 0 radical (unpaired) electrons. The van der Waals surface area contributed by atoms with Crippen LogP contribution in [0.15, 0.2) is 36.4 Å². The third kappa shape index (κ3) is 4.87. The quantitative estimate of drug-likeness (QED) is 0.800. The van der Waals surface area contributed by atoms with Gasteiger partial charge < -0.3 is 14.9 Å². The lowest BCUT2D eigenvalue weighted by molar-refractivity contribution is -0.0768. The Hall–Kier alpha value is -2.32. The number of nitrogens with one attached hydrogen (secondary N) is 1. The first-order chi connectivity index (χ1) is 14.3. The largest absolute Gasteiger partial charge is 0.388 e. The number of halogens is 2. The molecule has 8 heteroatoms. The molecule has 1 atom stereocenters. The Morgan fingerprint density at radius 2 is 1.80 bits per heavy atom. The number of alkyl halides is 2. The summed E-state index contributed by atoms with van der Waals surface area (Å²) in [4.78, 5) is 16.6. The fraction of sp³-hybridized carbons (Fsp3) is 0.545. The normalized spacial score (nSPS) is 25.1. The summed E-state index contributed by atoms with van der Waals surface area (Å²) in [5, 5.41) is 18.2. The summed E-state index contributed by atoms with van der Waals surface area (Å²) in [6.45, 7) is 1.97. The molecule has 0 aliphatic carbocycles. The minimum atomic E-state index is -2.59. The van der Waals surface area contributed by atoms with Gasteiger partial charge in [-0.15, -0.1) is 0 Å². The Balaban J connectivity index is 1.36. The second-order valence-electron chi connectivity index (χ2n) is 8.54. The zero-order valence-corrected chi connectivity index (χ0v) is 17.0. The number of β-amino-alcohol motifs (C(OH)–C–C–N with tert-alkyl or cyclic N) is 1. The number of aromatic nitrogens is 2. The van der Waals surface area contributed by atoms with Crippen molar-refractivity contribution in [2.45, 2.75) is 43.6 Å². The van der Waals surface area contributed by atoms with Crippen LogP contribution in [0, 0.1) is 0 Å². The zero-order chi connectivity index (χ0) is 21.2. The zero-order valence-electron chi connectivity index (χ0n) is 17.0. The van der Waals surface area contributed by atoms with Gasteiger partial charge in [-0.2, -0.15) is 5.10 Å². The van der Waals surface area contributed by atoms with Gasteiger partial charge in [-0.25, -0.2) is 8.78 Å². The van der Waals surface area contributed by atoms with Crippen LogP contribution in [0.25, 0.3) is 11.3 Å². The van der Waals surface area contributed by atoms with Crippen LogP contribution in [-0.4, -0.2) is 75.3 Å². The smallest absolute Gasteiger partial charge is 0.271 e. The van der Waals surface area contributed by atoms with Crippen molar-refractivity contribution in [1.82, 2.24) is 20.0 Å². The Labute approximate surface area is 174 Å². The van der Waals surface area contributed by atoms with Crippen molar-refractivity contribution in [3.63, 3.8) is 0 Å². The molecule has 30 heavy (non-hydrogen) atoms. The molecule has 2 N–H and O–H groups in total. The summed E-state index contributed by atoms with van der Waals surface area (Å²) in [6.07, 6.45) is 1.35. The SMILES string of the molecule is O=C(c1cc(-c2ccccc2)n[nH]1)N1CCC[C@@](O)(CN2CCC(F)(F)CC2)CC1. The van der Waals surface area contributed by atoms with E-state index in [0.717, 1.165) is 5.56 Å². The molecule has 2 aliphatic heterocycles. The van der Waals surface area contributed by atoms with Crippen LogP contribution < -0.4 is 0 Å². The van der Waals surface area contributed by atoms with Crippen LogP contribution >= 0.6 is 0 Å². The van der Waals surface area contributed by atoms with Crippen LogP contribution in [0.3, 0.4) is 0 Å². The first-order valence-electron chi connectivity index (χ1n) is 10.6. The van der Waals surface area contributed by atoms with E-state index in [1.807, 2.05) is 35.2 Å². The van der Waals surface area contributed by atoms with E-state index in [4.69, 9.17) is 0 Å². The van der Waals surface area contributed by atoms with Crippen molar-refractivity contribution in [3.05, 3.63) is 42.1 Å². The first-order valence-corrected chi connectivity index (χ1v) is 10.6. The summed E-state index contributed by atoms with van der Waals surface area (Å²) in [5.41, 5.74) is 1.13. The number of nitrogens with zero attached hydrogens (tertiary/aromatic N) is 3. The van der Waals surface area contributed by atoms with E-state index < -0.39 is 11.5 Å². The number of piperidine rings is 1. The average Bonchev–Trinajstić information content (AvgIpc) is 3.15. The Kier molecular flexibility index (Phi) is 5.88. The highest BCUT2D eigenvalue weighted by molar-refractivity contribution is 5.93. The summed E-state index contributed by atoms with van der Waals surface area (Å²) >= 11 is 0. The number of hydrogen-bond acceptors (Lipinski definition) is 4. The number of aromatic amines is 1. The predicted molar refractivity (Wildman–Crippen MR) is 109 cm³/mol. The van der Waals surface area contributed by atoms with Crippen LogP contribution in [-0.2, 0) is 0 Å². The van der Waals surface area contributed by atoms with E-state index in [-0.39, 0.29) is 18.7 Å². The molecule has 2 saturated heterocycles. The van der Waals surface area contributed by atoms with Crippen LogP contribution in [0.5, 0.6) is 0 Å². The molecule has 0 spiro atoms. The van der Waals surface area contributed by atoms with E-state index in [1.54, 1.807) is 11.0 Å². The minimum Gasteiger partial charge on any atom is -0.388 e. The number of carbonyl (C=O) groups excluding carboxylic acids is 1. The Morgan fingerprint density at radius 3 is 2.53 bits per heavy atom. The van der Waals surface area contributed by atoms with Gasteiger partial charge in [0, 0.05) is 51.1 Å². The lowest BCUT2D eigenvalue weighted by Gasteiger charge is -2.37. The van der Waals surface area contributed by atoms with Crippen molar-refractivity contribution in [2.24, 2.45) is 0 Å². The molecule has 2 fully saturated rings. The van der Waals surface area contributed by atoms with Gasteiger partial charge in [-0.05, 0) is 25.3 Å². The molecule has 0 bridgehead atoms. The molecule has 1 aromatic heterocycles. The highest BCUT2D eigenvalue weighted by atomic mass is 19.3. The molecular weight excluding hydrogens is 390 g/mol. The summed E-state index contributed by atoms with van der Waals surface area (Å²) < 4.78 is 26.8. The summed E-state index contributed by atoms with van der Waals surface area (Å²) in [7, 11) is 0. The van der Waals surface area contributed by atoms with Crippen molar-refractivity contribution in [2.75, 3.05) is 32.7 Å². The molecule has 1 aromatic carbocycles. The third-order valence-electron chi connectivity index (χ3n) is 6.19. The Morgan fingerprint density at radius 1 is 1.07 bits per heavy atom. The number of amides is 1. The highest BCUT2D eigenvalue weighted by Crippen LogP contribution is 2.31. The van der Waals surface area contributed by atoms with Gasteiger partial charge in [-0.1, -0.05) is 30.3 Å². The van der Waals surface area contributed by atoms with Gasteiger partial charge in [0.2, 0.25) is 0 Å². The maximum Gasteiger partial charge on any atom is 0.271 e. The van der Waals surface area contributed by atoms with Crippen molar-refractivity contribution in [1.29, 1.82) is 0 Å². The number of carbonyl (C=O) groups is 1. The standard InChI is InChI=1S/C22H28F2N4O2/c23-22(24)9-12-27(13-10-22)16-21(30)7-4-11-28(14-8-21)20(29)19-15-18(25-26-19)17-5-2-1-3-6-17/h1-3,5-6,15,30H,4,7-14,16H2,(H,25,26)/t21-/m0/s1. The van der Waals surface area contributed by atoms with Crippen LogP contribution in [0.2, 0.25) is 0 Å². The fourth-order valence-corrected chi connectivity index (χ4v) is 4.35. The first kappa shape index (κ1) is 20.9. The number of H-pyrrole nitrogens is 1. The van der Waals surface area contributed by atoms with E-state index in [1.165, 1.54) is 0 Å². The topological polar surface area (TPSA) is 72.5 Å². The number of benzene rings is 1. The molecule has 2 aliphatic rings. The Bertz CT molecular complexity index is 863. The molecule has 162 valence electrons. The van der Waals surface area contributed by atoms with E-state index >= 15 is 0 Å². The van der Waals surface area contributed by atoms with Gasteiger partial charge in [-0.3, -0.25) is 9.89 Å². The van der Waals surface area contributed by atoms with Gasteiger partial charge in [0.25, 0.3) is 11.8 Å². The van der Waals surface area contributed by atoms with E-state index in [2.05, 4.69) is 10.2 Å². The van der Waals surface area contributed by atoms with E-state index in [0.29, 0.717) is 63.4 Å². The molecule has 0 unspecified atom stereocenters. The fourth-order valence-electron chi connectivity index (χ4n) is 4.35. The second-order valence-corrected chi connectivity index (χ2v) is 8.54. The number of aliphatic hydroxyl groups is 1. The van der Waals surface area contributed by atoms with Crippen molar-refractivity contribution < 1.29 is 18.7 Å². The molecular formula is C22H28F2N4O2. The van der Waals surface area contributed by atoms with Crippen LogP contribution in [0.4, 0.5) is 8.78 Å². The predicted octanol–water partition coefficient (Wildman–Crippen LogP) is 3.17. The van der Waals surface area contributed by atoms with Gasteiger partial charge in [0.05, 0.1) is 11.3 Å². The second kappa shape index (κ2) is 8.43. The van der Waals surface area contributed by atoms with Gasteiger partial charge in [0.1, 0.15) is 5.69 Å². The number of hydrogen-bond donors (Lipinski definition) is 2. The monoisotopic (exact) mass is 418 g/mol. The minimum absolute atomic E-state index is 0.133. The molecule has 0 saturated carbocycles. The highest BCUT2D eigenvalue weighted by Gasteiger charge is 2.38. The number of rotatable bonds is 4. The molecule has 4 rings (SSSR count). The van der Waals surface area contributed by atoms with Gasteiger partial charge >= 0.3 is 0 Å². The molecule has 2 aromatic rings. The number of likely N-dealkylation sites (tertiary alicyclic amines) is 2. The third-order valence-corrected chi connectivity index (χ3v) is 6.19. The van der Waals surface area contributed by atoms with Crippen LogP contribution in [0.1, 0.15) is 42.6 Å². The van der Waals surface area contributed by atoms with Crippen molar-refractivity contribution in [3.8, 4) is 11.3 Å². The van der Waals surface area contributed by atoms with Gasteiger partial charge in [0.15, 0.2) is 0 Å². The van der Waals surface area contributed by atoms with Crippen molar-refractivity contribution >= 4 is 5.91 Å². The maximum atomic E-state index is 13.4. The van der Waals surface area contributed by atoms with E-state index in [9.17, 15) is 18.7 Å². The molecule has 1 amide bonds. The lowest BCUT2D eigenvalue weighted by atomic mass is 9.93. The summed E-state index contributed by atoms with van der Waals surface area (Å²) in [6, 6.07) is 11.4. The molecule has 3 heterocycles. The summed E-state index contributed by atoms with van der Waals surface area (Å²) in [5.74, 6) is -2.72. The average molecular weight is 418 g/mol. The maximum absolute atomic E-state index is 13.4. The lowest BCUT2D eigenvalue weighted by Crippen LogP contribution is -2.48.